The molecule has 0 aromatic heterocycles. The third kappa shape index (κ3) is 2.79. The Kier molecular flexibility index (Phi) is 4.44. The molecule has 0 saturated heterocycles. The smallest absolute Gasteiger partial charge is 0.339 e. The fourth-order valence-corrected chi connectivity index (χ4v) is 1.25. The van der Waals surface area contributed by atoms with Gasteiger partial charge in [0.15, 0.2) is 0 Å². The van der Waals surface area contributed by atoms with Gasteiger partial charge in [0.25, 0.3) is 0 Å². The number of esters is 1. The Bertz CT molecular complexity index is 361. The van der Waals surface area contributed by atoms with E-state index in [0.717, 1.165) is 0 Å². The summed E-state index contributed by atoms with van der Waals surface area (Å²) in [5.74, 6) is 0.0138. The zero-order valence-corrected chi connectivity index (χ0v) is 9.17. The van der Waals surface area contributed by atoms with E-state index in [-0.39, 0.29) is 6.61 Å². The normalized spacial score (nSPS) is 11.6. The van der Waals surface area contributed by atoms with Crippen molar-refractivity contribution in [2.45, 2.75) is 13.0 Å². The number of rotatable bonds is 5. The molecule has 1 atom stereocenters. The lowest BCUT2D eigenvalue weighted by Gasteiger charge is -2.08. The van der Waals surface area contributed by atoms with E-state index in [1.807, 2.05) is 0 Å². The van der Waals surface area contributed by atoms with Crippen LogP contribution in [0, 0.1) is 4.91 Å². The first kappa shape index (κ1) is 12.2. The molecule has 86 valence electrons. The summed E-state index contributed by atoms with van der Waals surface area (Å²) in [4.78, 5) is 22.0. The van der Waals surface area contributed by atoms with Crippen molar-refractivity contribution in [3.63, 3.8) is 0 Å². The fourth-order valence-electron chi connectivity index (χ4n) is 1.25. The molecule has 16 heavy (non-hydrogen) atoms. The zero-order chi connectivity index (χ0) is 12.0. The monoisotopic (exact) mass is 223 g/mol. The Balaban J connectivity index is 2.86. The first-order valence-corrected chi connectivity index (χ1v) is 4.86. The van der Waals surface area contributed by atoms with Crippen molar-refractivity contribution >= 4 is 5.97 Å². The Morgan fingerprint density at radius 2 is 2.00 bits per heavy atom. The van der Waals surface area contributed by atoms with Gasteiger partial charge in [0, 0.05) is 0 Å². The highest BCUT2D eigenvalue weighted by molar-refractivity contribution is 5.77. The Hall–Kier alpha value is -1.91. The third-order valence-electron chi connectivity index (χ3n) is 2.05. The highest BCUT2D eigenvalue weighted by Crippen LogP contribution is 2.21. The quantitative estimate of drug-likeness (QED) is 0.566. The molecule has 0 saturated carbocycles. The van der Waals surface area contributed by atoms with Gasteiger partial charge in [-0.2, -0.15) is 0 Å². The van der Waals surface area contributed by atoms with E-state index in [1.165, 1.54) is 7.11 Å². The first-order valence-electron chi connectivity index (χ1n) is 4.86. The van der Waals surface area contributed by atoms with Gasteiger partial charge in [-0.05, 0) is 29.8 Å². The predicted octanol–water partition coefficient (Wildman–Crippen LogP) is 2.07. The summed E-state index contributed by atoms with van der Waals surface area (Å²) in [5.41, 5.74) is 0.495. The SMILES string of the molecule is CCOC(=O)C(N=O)c1ccc(OC)cc1. The molecule has 1 rings (SSSR count). The highest BCUT2D eigenvalue weighted by atomic mass is 16.5. The second-order valence-electron chi connectivity index (χ2n) is 3.03. The number of methoxy groups -OCH3 is 1. The van der Waals surface area contributed by atoms with Crippen molar-refractivity contribution < 1.29 is 14.3 Å². The average Bonchev–Trinajstić information content (AvgIpc) is 2.31. The van der Waals surface area contributed by atoms with Gasteiger partial charge in [-0.25, -0.2) is 4.79 Å². The van der Waals surface area contributed by atoms with Crippen LogP contribution >= 0.6 is 0 Å². The molecule has 0 N–H and O–H groups in total. The van der Waals surface area contributed by atoms with Crippen LogP contribution < -0.4 is 4.74 Å². The summed E-state index contributed by atoms with van der Waals surface area (Å²) in [7, 11) is 1.54. The largest absolute Gasteiger partial charge is 0.497 e. The maximum atomic E-state index is 11.4. The summed E-state index contributed by atoms with van der Waals surface area (Å²) in [6, 6.07) is 5.44. The van der Waals surface area contributed by atoms with Crippen molar-refractivity contribution in [2.24, 2.45) is 5.18 Å². The van der Waals surface area contributed by atoms with Gasteiger partial charge in [-0.1, -0.05) is 12.1 Å². The number of hydrogen-bond acceptors (Lipinski definition) is 5. The van der Waals surface area contributed by atoms with Gasteiger partial charge >= 0.3 is 5.97 Å². The van der Waals surface area contributed by atoms with Gasteiger partial charge in [0.1, 0.15) is 5.75 Å². The topological polar surface area (TPSA) is 65.0 Å². The fraction of sp³-hybridized carbons (Fsp3) is 0.364. The molecule has 1 aromatic rings. The molecular formula is C11H13NO4. The van der Waals surface area contributed by atoms with E-state index >= 15 is 0 Å². The molecule has 0 heterocycles. The van der Waals surface area contributed by atoms with Crippen LogP contribution in [-0.2, 0) is 9.53 Å². The highest BCUT2D eigenvalue weighted by Gasteiger charge is 2.22. The summed E-state index contributed by atoms with van der Waals surface area (Å²) in [5, 5.41) is 2.77. The number of nitrogens with zero attached hydrogens (tertiary/aromatic N) is 1. The third-order valence-corrected chi connectivity index (χ3v) is 2.05. The van der Waals surface area contributed by atoms with Crippen LogP contribution in [0.3, 0.4) is 0 Å². The number of hydrogen-bond donors (Lipinski definition) is 0. The van der Waals surface area contributed by atoms with Gasteiger partial charge in [0.2, 0.25) is 6.04 Å². The van der Waals surface area contributed by atoms with Crippen LogP contribution in [0.5, 0.6) is 5.75 Å². The molecule has 0 aliphatic carbocycles. The maximum Gasteiger partial charge on any atom is 0.339 e. The lowest BCUT2D eigenvalue weighted by Crippen LogP contribution is -2.13. The van der Waals surface area contributed by atoms with Crippen molar-refractivity contribution in [3.05, 3.63) is 34.7 Å². The zero-order valence-electron chi connectivity index (χ0n) is 9.17. The van der Waals surface area contributed by atoms with Crippen LogP contribution in [-0.4, -0.2) is 19.7 Å². The van der Waals surface area contributed by atoms with E-state index in [1.54, 1.807) is 31.2 Å². The molecule has 0 fully saturated rings. The second-order valence-corrected chi connectivity index (χ2v) is 3.03. The lowest BCUT2D eigenvalue weighted by molar-refractivity contribution is -0.144. The molecule has 5 nitrogen and oxygen atoms in total. The standard InChI is InChI=1S/C11H13NO4/c1-3-16-11(13)10(12-14)8-4-6-9(15-2)7-5-8/h4-7,10H,3H2,1-2H3. The van der Waals surface area contributed by atoms with Crippen LogP contribution in [0.1, 0.15) is 18.5 Å². The van der Waals surface area contributed by atoms with E-state index in [4.69, 9.17) is 9.47 Å². The van der Waals surface area contributed by atoms with E-state index < -0.39 is 12.0 Å². The predicted molar refractivity (Wildman–Crippen MR) is 58.2 cm³/mol. The molecule has 0 amide bonds. The number of ether oxygens (including phenoxy) is 2. The molecule has 1 unspecified atom stereocenters. The summed E-state index contributed by atoms with van der Waals surface area (Å²) < 4.78 is 9.71. The van der Waals surface area contributed by atoms with Gasteiger partial charge in [-0.15, -0.1) is 4.91 Å². The molecule has 0 radical (unpaired) electrons. The minimum Gasteiger partial charge on any atom is -0.497 e. The van der Waals surface area contributed by atoms with E-state index in [9.17, 15) is 9.70 Å². The Labute approximate surface area is 93.3 Å². The van der Waals surface area contributed by atoms with Crippen molar-refractivity contribution in [1.29, 1.82) is 0 Å². The molecule has 0 bridgehead atoms. The lowest BCUT2D eigenvalue weighted by atomic mass is 10.1. The van der Waals surface area contributed by atoms with Gasteiger partial charge in [-0.3, -0.25) is 0 Å². The molecule has 0 aliphatic rings. The molecule has 0 aliphatic heterocycles. The van der Waals surface area contributed by atoms with Crippen molar-refractivity contribution in [1.82, 2.24) is 0 Å². The molecular weight excluding hydrogens is 210 g/mol. The summed E-state index contributed by atoms with van der Waals surface area (Å²) in [6.07, 6.45) is 0. The molecule has 1 aromatic carbocycles. The van der Waals surface area contributed by atoms with Crippen LogP contribution in [0.25, 0.3) is 0 Å². The Morgan fingerprint density at radius 3 is 2.44 bits per heavy atom. The van der Waals surface area contributed by atoms with E-state index in [2.05, 4.69) is 5.18 Å². The summed E-state index contributed by atoms with van der Waals surface area (Å²) in [6.45, 7) is 1.90. The van der Waals surface area contributed by atoms with Crippen LogP contribution in [0.4, 0.5) is 0 Å². The second kappa shape index (κ2) is 5.85. The summed E-state index contributed by atoms with van der Waals surface area (Å²) >= 11 is 0. The average molecular weight is 223 g/mol. The van der Waals surface area contributed by atoms with Crippen LogP contribution in [0.2, 0.25) is 0 Å². The minimum atomic E-state index is -1.11. The number of benzene rings is 1. The van der Waals surface area contributed by atoms with Gasteiger partial charge in [0.05, 0.1) is 13.7 Å². The molecule has 5 heteroatoms. The Morgan fingerprint density at radius 1 is 1.38 bits per heavy atom. The van der Waals surface area contributed by atoms with E-state index in [0.29, 0.717) is 11.3 Å². The van der Waals surface area contributed by atoms with Crippen molar-refractivity contribution in [2.75, 3.05) is 13.7 Å². The maximum absolute atomic E-state index is 11.4. The van der Waals surface area contributed by atoms with Crippen molar-refractivity contribution in [3.8, 4) is 5.75 Å². The van der Waals surface area contributed by atoms with Gasteiger partial charge < -0.3 is 9.47 Å². The first-order chi connectivity index (χ1) is 7.72. The van der Waals surface area contributed by atoms with Crippen LogP contribution in [0.15, 0.2) is 29.4 Å². The molecule has 0 spiro atoms. The number of nitroso groups, excluding NO2 is 1. The number of carbonyl (C=O) groups is 1. The minimum absolute atomic E-state index is 0.223. The number of carbonyl (C=O) groups excluding carboxylic acids is 1.